The van der Waals surface area contributed by atoms with Crippen molar-refractivity contribution in [2.75, 3.05) is 26.3 Å². The SMILES string of the molecule is O=C1C(NC2CC2)CCCN1CCOCC1CC1. The van der Waals surface area contributed by atoms with Gasteiger partial charge in [-0.15, -0.1) is 0 Å². The Hall–Kier alpha value is -0.610. The van der Waals surface area contributed by atoms with Crippen molar-refractivity contribution in [2.45, 2.75) is 50.6 Å². The van der Waals surface area contributed by atoms with Crippen LogP contribution in [-0.4, -0.2) is 49.2 Å². The Balaban J connectivity index is 1.37. The van der Waals surface area contributed by atoms with Gasteiger partial charge in [0.25, 0.3) is 0 Å². The lowest BCUT2D eigenvalue weighted by molar-refractivity contribution is -0.136. The molecule has 1 unspecified atom stereocenters. The normalized spacial score (nSPS) is 28.8. The van der Waals surface area contributed by atoms with Crippen molar-refractivity contribution in [3.63, 3.8) is 0 Å². The molecule has 2 saturated carbocycles. The van der Waals surface area contributed by atoms with E-state index in [2.05, 4.69) is 5.32 Å². The largest absolute Gasteiger partial charge is 0.379 e. The van der Waals surface area contributed by atoms with Crippen LogP contribution in [0.5, 0.6) is 0 Å². The molecule has 0 aromatic heterocycles. The van der Waals surface area contributed by atoms with Crippen LogP contribution in [-0.2, 0) is 9.53 Å². The average molecular weight is 252 g/mol. The summed E-state index contributed by atoms with van der Waals surface area (Å²) in [4.78, 5) is 14.2. The van der Waals surface area contributed by atoms with Crippen molar-refractivity contribution in [3.8, 4) is 0 Å². The zero-order chi connectivity index (χ0) is 12.4. The molecule has 0 bridgehead atoms. The summed E-state index contributed by atoms with van der Waals surface area (Å²) in [5.41, 5.74) is 0. The van der Waals surface area contributed by atoms with E-state index in [1.807, 2.05) is 4.90 Å². The van der Waals surface area contributed by atoms with E-state index in [4.69, 9.17) is 4.74 Å². The summed E-state index contributed by atoms with van der Waals surface area (Å²) in [6, 6.07) is 0.694. The van der Waals surface area contributed by atoms with Crippen LogP contribution >= 0.6 is 0 Å². The first kappa shape index (κ1) is 12.4. The van der Waals surface area contributed by atoms with E-state index in [1.54, 1.807) is 0 Å². The number of rotatable bonds is 7. The van der Waals surface area contributed by atoms with E-state index in [1.165, 1.54) is 25.7 Å². The van der Waals surface area contributed by atoms with Crippen LogP contribution in [0.2, 0.25) is 0 Å². The Labute approximate surface area is 109 Å². The lowest BCUT2D eigenvalue weighted by Crippen LogP contribution is -2.52. The molecule has 0 aromatic rings. The molecule has 0 spiro atoms. The summed E-state index contributed by atoms with van der Waals surface area (Å²) in [6.07, 6.45) is 7.28. The van der Waals surface area contributed by atoms with Crippen molar-refractivity contribution < 1.29 is 9.53 Å². The Bertz CT molecular complexity index is 300. The zero-order valence-corrected chi connectivity index (χ0v) is 11.1. The first-order valence-electron chi connectivity index (χ1n) is 7.45. The standard InChI is InChI=1S/C14H24N2O2/c17-14-13(15-12-5-6-12)2-1-7-16(14)8-9-18-10-11-3-4-11/h11-13,15H,1-10H2. The van der Waals surface area contributed by atoms with Gasteiger partial charge in [-0.3, -0.25) is 4.79 Å². The van der Waals surface area contributed by atoms with E-state index in [9.17, 15) is 4.79 Å². The predicted octanol–water partition coefficient (Wildman–Crippen LogP) is 1.16. The molecular weight excluding hydrogens is 228 g/mol. The number of carbonyl (C=O) groups excluding carboxylic acids is 1. The predicted molar refractivity (Wildman–Crippen MR) is 69.3 cm³/mol. The third kappa shape index (κ3) is 3.45. The lowest BCUT2D eigenvalue weighted by Gasteiger charge is -2.32. The van der Waals surface area contributed by atoms with Crippen LogP contribution in [0.1, 0.15) is 38.5 Å². The summed E-state index contributed by atoms with van der Waals surface area (Å²) in [5, 5.41) is 3.46. The third-order valence-corrected chi connectivity index (χ3v) is 4.10. The molecule has 1 saturated heterocycles. The molecule has 0 radical (unpaired) electrons. The first-order valence-corrected chi connectivity index (χ1v) is 7.45. The number of hydrogen-bond donors (Lipinski definition) is 1. The second kappa shape index (κ2) is 5.57. The van der Waals surface area contributed by atoms with E-state index in [-0.39, 0.29) is 6.04 Å². The van der Waals surface area contributed by atoms with Crippen LogP contribution in [0.3, 0.4) is 0 Å². The maximum Gasteiger partial charge on any atom is 0.239 e. The van der Waals surface area contributed by atoms with Crippen molar-refractivity contribution in [1.82, 2.24) is 10.2 Å². The van der Waals surface area contributed by atoms with E-state index in [0.29, 0.717) is 18.6 Å². The number of nitrogens with zero attached hydrogens (tertiary/aromatic N) is 1. The number of carbonyl (C=O) groups is 1. The fourth-order valence-electron chi connectivity index (χ4n) is 2.56. The second-order valence-electron chi connectivity index (χ2n) is 5.98. The van der Waals surface area contributed by atoms with Gasteiger partial charge in [0.1, 0.15) is 0 Å². The molecule has 102 valence electrons. The van der Waals surface area contributed by atoms with Gasteiger partial charge in [-0.05, 0) is 44.4 Å². The second-order valence-corrected chi connectivity index (χ2v) is 5.98. The van der Waals surface area contributed by atoms with Gasteiger partial charge in [0.15, 0.2) is 0 Å². The minimum absolute atomic E-state index is 0.0784. The average Bonchev–Trinajstić information content (AvgIpc) is 3.23. The minimum Gasteiger partial charge on any atom is -0.379 e. The third-order valence-electron chi connectivity index (χ3n) is 4.10. The van der Waals surface area contributed by atoms with Gasteiger partial charge in [-0.2, -0.15) is 0 Å². The van der Waals surface area contributed by atoms with Gasteiger partial charge in [0.05, 0.1) is 12.6 Å². The Morgan fingerprint density at radius 3 is 2.78 bits per heavy atom. The molecule has 3 rings (SSSR count). The van der Waals surface area contributed by atoms with Gasteiger partial charge in [-0.25, -0.2) is 0 Å². The minimum atomic E-state index is 0.0784. The number of likely N-dealkylation sites (tertiary alicyclic amines) is 1. The molecule has 4 heteroatoms. The monoisotopic (exact) mass is 252 g/mol. The van der Waals surface area contributed by atoms with Crippen LogP contribution in [0.25, 0.3) is 0 Å². The smallest absolute Gasteiger partial charge is 0.239 e. The fraction of sp³-hybridized carbons (Fsp3) is 0.929. The summed E-state index contributed by atoms with van der Waals surface area (Å²) in [5.74, 6) is 1.11. The Kier molecular flexibility index (Phi) is 3.85. The van der Waals surface area contributed by atoms with Crippen molar-refractivity contribution in [1.29, 1.82) is 0 Å². The molecular formula is C14H24N2O2. The first-order chi connectivity index (χ1) is 8.83. The molecule has 2 aliphatic carbocycles. The molecule has 4 nitrogen and oxygen atoms in total. The molecule has 0 aromatic carbocycles. The summed E-state index contributed by atoms with van der Waals surface area (Å²) >= 11 is 0. The number of piperidine rings is 1. The number of ether oxygens (including phenoxy) is 1. The van der Waals surface area contributed by atoms with E-state index >= 15 is 0 Å². The number of nitrogens with one attached hydrogen (secondary N) is 1. The summed E-state index contributed by atoms with van der Waals surface area (Å²) in [6.45, 7) is 3.28. The van der Waals surface area contributed by atoms with Crippen molar-refractivity contribution >= 4 is 5.91 Å². The Morgan fingerprint density at radius 2 is 2.06 bits per heavy atom. The maximum absolute atomic E-state index is 12.2. The maximum atomic E-state index is 12.2. The zero-order valence-electron chi connectivity index (χ0n) is 11.1. The van der Waals surface area contributed by atoms with Crippen LogP contribution in [0, 0.1) is 5.92 Å². The highest BCUT2D eigenvalue weighted by molar-refractivity contribution is 5.82. The molecule has 3 fully saturated rings. The molecule has 18 heavy (non-hydrogen) atoms. The van der Waals surface area contributed by atoms with Crippen LogP contribution in [0.15, 0.2) is 0 Å². The van der Waals surface area contributed by atoms with Gasteiger partial charge >= 0.3 is 0 Å². The van der Waals surface area contributed by atoms with Gasteiger partial charge in [0, 0.05) is 25.7 Å². The molecule has 1 atom stereocenters. The van der Waals surface area contributed by atoms with Gasteiger partial charge in [0.2, 0.25) is 5.91 Å². The number of amides is 1. The molecule has 1 aliphatic heterocycles. The van der Waals surface area contributed by atoms with Crippen LogP contribution in [0.4, 0.5) is 0 Å². The molecule has 1 amide bonds. The van der Waals surface area contributed by atoms with E-state index in [0.717, 1.165) is 38.5 Å². The summed E-state index contributed by atoms with van der Waals surface area (Å²) < 4.78 is 5.62. The highest BCUT2D eigenvalue weighted by Gasteiger charge is 2.33. The van der Waals surface area contributed by atoms with Crippen molar-refractivity contribution in [3.05, 3.63) is 0 Å². The van der Waals surface area contributed by atoms with Gasteiger partial charge < -0.3 is 15.0 Å². The lowest BCUT2D eigenvalue weighted by atomic mass is 10.0. The molecule has 1 N–H and O–H groups in total. The number of hydrogen-bond acceptors (Lipinski definition) is 3. The van der Waals surface area contributed by atoms with E-state index < -0.39 is 0 Å². The Morgan fingerprint density at radius 1 is 1.22 bits per heavy atom. The highest BCUT2D eigenvalue weighted by Crippen LogP contribution is 2.28. The summed E-state index contributed by atoms with van der Waals surface area (Å²) in [7, 11) is 0. The van der Waals surface area contributed by atoms with Crippen molar-refractivity contribution in [2.24, 2.45) is 5.92 Å². The highest BCUT2D eigenvalue weighted by atomic mass is 16.5. The fourth-order valence-corrected chi connectivity index (χ4v) is 2.56. The van der Waals surface area contributed by atoms with Gasteiger partial charge in [-0.1, -0.05) is 0 Å². The van der Waals surface area contributed by atoms with Crippen LogP contribution < -0.4 is 5.32 Å². The molecule has 1 heterocycles. The quantitative estimate of drug-likeness (QED) is 0.691. The topological polar surface area (TPSA) is 41.6 Å². The molecule has 3 aliphatic rings.